The molecule has 0 aliphatic heterocycles. The van der Waals surface area contributed by atoms with Crippen LogP contribution in [0.5, 0.6) is 0 Å². The van der Waals surface area contributed by atoms with Crippen molar-refractivity contribution in [1.29, 1.82) is 0 Å². The number of hydrogen-bond donors (Lipinski definition) is 2. The molecule has 0 spiro atoms. The molecule has 0 aliphatic carbocycles. The van der Waals surface area contributed by atoms with Gasteiger partial charge in [0.15, 0.2) is 0 Å². The van der Waals surface area contributed by atoms with Crippen molar-refractivity contribution in [2.45, 2.75) is 0 Å². The van der Waals surface area contributed by atoms with Crippen molar-refractivity contribution in [2.24, 2.45) is 0 Å². The number of nitrogens with zero attached hydrogens (tertiary/aromatic N) is 1. The summed E-state index contributed by atoms with van der Waals surface area (Å²) < 4.78 is 4.45. The average molecular weight is 216 g/mol. The standard InChI is InChI=1S/C8H10ClN3O2/c1-14-7(13)4-11-5-2-3-6(9)12-8(5)10/h2-3,11H,4H2,1H3,(H2,10,12). The van der Waals surface area contributed by atoms with Gasteiger partial charge in [0.1, 0.15) is 17.5 Å². The smallest absolute Gasteiger partial charge is 0.325 e. The highest BCUT2D eigenvalue weighted by Crippen LogP contribution is 2.17. The maximum atomic E-state index is 10.8. The summed E-state index contributed by atoms with van der Waals surface area (Å²) in [5.74, 6) is -0.124. The number of pyridine rings is 1. The molecule has 1 aromatic heterocycles. The molecule has 0 unspecified atom stereocenters. The fraction of sp³-hybridized carbons (Fsp3) is 0.250. The zero-order chi connectivity index (χ0) is 10.6. The summed E-state index contributed by atoms with van der Waals surface area (Å²) in [5.41, 5.74) is 6.09. The summed E-state index contributed by atoms with van der Waals surface area (Å²) in [6, 6.07) is 3.23. The van der Waals surface area contributed by atoms with Gasteiger partial charge in [-0.2, -0.15) is 0 Å². The summed E-state index contributed by atoms with van der Waals surface area (Å²) in [6.45, 7) is 0.0456. The predicted molar refractivity (Wildman–Crippen MR) is 54.2 cm³/mol. The van der Waals surface area contributed by atoms with E-state index >= 15 is 0 Å². The molecule has 0 radical (unpaired) electrons. The van der Waals surface area contributed by atoms with E-state index < -0.39 is 0 Å². The predicted octanol–water partition coefficient (Wildman–Crippen LogP) is 0.902. The quantitative estimate of drug-likeness (QED) is 0.579. The molecule has 0 bridgehead atoms. The van der Waals surface area contributed by atoms with Crippen LogP contribution in [-0.2, 0) is 9.53 Å². The number of aromatic nitrogens is 1. The molecule has 0 saturated heterocycles. The van der Waals surface area contributed by atoms with Crippen molar-refractivity contribution < 1.29 is 9.53 Å². The number of halogens is 1. The first-order valence-electron chi connectivity index (χ1n) is 3.86. The van der Waals surface area contributed by atoms with E-state index in [1.807, 2.05) is 0 Å². The maximum absolute atomic E-state index is 10.8. The first-order valence-corrected chi connectivity index (χ1v) is 4.24. The Labute approximate surface area is 86.2 Å². The molecule has 14 heavy (non-hydrogen) atoms. The van der Waals surface area contributed by atoms with Crippen LogP contribution in [0.2, 0.25) is 5.15 Å². The van der Waals surface area contributed by atoms with Crippen molar-refractivity contribution in [2.75, 3.05) is 24.7 Å². The van der Waals surface area contributed by atoms with Crippen LogP contribution in [0, 0.1) is 0 Å². The van der Waals surface area contributed by atoms with Crippen LogP contribution < -0.4 is 11.1 Å². The van der Waals surface area contributed by atoms with E-state index in [0.717, 1.165) is 0 Å². The third-order valence-corrected chi connectivity index (χ3v) is 1.75. The number of nitrogens with two attached hydrogens (primary N) is 1. The number of nitrogen functional groups attached to an aromatic ring is 1. The van der Waals surface area contributed by atoms with Crippen LogP contribution >= 0.6 is 11.6 Å². The highest BCUT2D eigenvalue weighted by atomic mass is 35.5. The number of esters is 1. The Morgan fingerprint density at radius 2 is 2.43 bits per heavy atom. The number of carbonyl (C=O) groups is 1. The average Bonchev–Trinajstić information content (AvgIpc) is 2.16. The van der Waals surface area contributed by atoms with Gasteiger partial charge < -0.3 is 15.8 Å². The summed E-state index contributed by atoms with van der Waals surface area (Å²) in [7, 11) is 1.31. The number of methoxy groups -OCH3 is 1. The van der Waals surface area contributed by atoms with Gasteiger partial charge in [0.2, 0.25) is 0 Å². The van der Waals surface area contributed by atoms with Crippen LogP contribution in [0.4, 0.5) is 11.5 Å². The lowest BCUT2D eigenvalue weighted by Crippen LogP contribution is -2.16. The third-order valence-electron chi connectivity index (χ3n) is 1.54. The molecule has 0 saturated carbocycles. The molecule has 3 N–H and O–H groups in total. The van der Waals surface area contributed by atoms with Crippen LogP contribution in [0.3, 0.4) is 0 Å². The summed E-state index contributed by atoms with van der Waals surface area (Å²) in [6.07, 6.45) is 0. The van der Waals surface area contributed by atoms with Crippen molar-refractivity contribution in [1.82, 2.24) is 4.98 Å². The first-order chi connectivity index (χ1) is 6.63. The minimum atomic E-state index is -0.376. The van der Waals surface area contributed by atoms with Crippen LogP contribution in [0.1, 0.15) is 0 Å². The second-order valence-corrected chi connectivity index (χ2v) is 2.88. The molecule has 1 heterocycles. The molecule has 0 aromatic carbocycles. The second-order valence-electron chi connectivity index (χ2n) is 2.50. The summed E-state index contributed by atoms with van der Waals surface area (Å²) in [4.78, 5) is 14.6. The molecule has 6 heteroatoms. The molecule has 1 rings (SSSR count). The fourth-order valence-electron chi connectivity index (χ4n) is 0.839. The molecule has 0 amide bonds. The molecular weight excluding hydrogens is 206 g/mol. The highest BCUT2D eigenvalue weighted by molar-refractivity contribution is 6.29. The van der Waals surface area contributed by atoms with Crippen molar-refractivity contribution >= 4 is 29.1 Å². The lowest BCUT2D eigenvalue weighted by atomic mass is 10.4. The molecule has 0 atom stereocenters. The SMILES string of the molecule is COC(=O)CNc1ccc(Cl)nc1N. The van der Waals surface area contributed by atoms with E-state index in [2.05, 4.69) is 15.0 Å². The van der Waals surface area contributed by atoms with Crippen LogP contribution in [0.15, 0.2) is 12.1 Å². The normalized spacial score (nSPS) is 9.57. The van der Waals surface area contributed by atoms with Crippen molar-refractivity contribution in [3.63, 3.8) is 0 Å². The minimum absolute atomic E-state index is 0.0456. The Bertz CT molecular complexity index is 343. The number of nitrogens with one attached hydrogen (secondary N) is 1. The molecule has 1 aromatic rings. The van der Waals surface area contributed by atoms with Gasteiger partial charge in [0.05, 0.1) is 12.8 Å². The molecule has 5 nitrogen and oxygen atoms in total. The van der Waals surface area contributed by atoms with E-state index in [9.17, 15) is 4.79 Å². The zero-order valence-electron chi connectivity index (χ0n) is 7.58. The van der Waals surface area contributed by atoms with Gasteiger partial charge >= 0.3 is 5.97 Å². The van der Waals surface area contributed by atoms with E-state index in [4.69, 9.17) is 17.3 Å². The van der Waals surface area contributed by atoms with Crippen molar-refractivity contribution in [3.8, 4) is 0 Å². The van der Waals surface area contributed by atoms with E-state index in [0.29, 0.717) is 10.8 Å². The number of rotatable bonds is 3. The Morgan fingerprint density at radius 3 is 3.00 bits per heavy atom. The van der Waals surface area contributed by atoms with Crippen molar-refractivity contribution in [3.05, 3.63) is 17.3 Å². The Balaban J connectivity index is 2.63. The fourth-order valence-corrected chi connectivity index (χ4v) is 0.993. The van der Waals surface area contributed by atoms with Gasteiger partial charge in [-0.05, 0) is 12.1 Å². The summed E-state index contributed by atoms with van der Waals surface area (Å²) in [5, 5.41) is 3.08. The van der Waals surface area contributed by atoms with E-state index in [1.54, 1.807) is 12.1 Å². The lowest BCUT2D eigenvalue weighted by molar-refractivity contribution is -0.138. The van der Waals surface area contributed by atoms with Gasteiger partial charge in [-0.3, -0.25) is 4.79 Å². The lowest BCUT2D eigenvalue weighted by Gasteiger charge is -2.06. The largest absolute Gasteiger partial charge is 0.468 e. The molecule has 0 fully saturated rings. The summed E-state index contributed by atoms with van der Waals surface area (Å²) >= 11 is 5.60. The van der Waals surface area contributed by atoms with Gasteiger partial charge in [0.25, 0.3) is 0 Å². The molecular formula is C8H10ClN3O2. The van der Waals surface area contributed by atoms with Gasteiger partial charge in [-0.1, -0.05) is 11.6 Å². The molecule has 0 aliphatic rings. The van der Waals surface area contributed by atoms with Gasteiger partial charge in [-0.15, -0.1) is 0 Å². The third kappa shape index (κ3) is 2.77. The first kappa shape index (κ1) is 10.6. The number of carbonyl (C=O) groups excluding carboxylic acids is 1. The maximum Gasteiger partial charge on any atom is 0.325 e. The Kier molecular flexibility index (Phi) is 3.53. The van der Waals surface area contributed by atoms with Gasteiger partial charge in [0, 0.05) is 0 Å². The van der Waals surface area contributed by atoms with Gasteiger partial charge in [-0.25, -0.2) is 4.98 Å². The zero-order valence-corrected chi connectivity index (χ0v) is 8.34. The number of anilines is 2. The van der Waals surface area contributed by atoms with E-state index in [1.165, 1.54) is 7.11 Å². The second kappa shape index (κ2) is 4.66. The highest BCUT2D eigenvalue weighted by Gasteiger charge is 2.03. The Morgan fingerprint density at radius 1 is 1.71 bits per heavy atom. The number of ether oxygens (including phenoxy) is 1. The minimum Gasteiger partial charge on any atom is -0.468 e. The molecule has 76 valence electrons. The van der Waals surface area contributed by atoms with Crippen LogP contribution in [-0.4, -0.2) is 24.6 Å². The Hall–Kier alpha value is -1.49. The monoisotopic (exact) mass is 215 g/mol. The van der Waals surface area contributed by atoms with Crippen LogP contribution in [0.25, 0.3) is 0 Å². The number of hydrogen-bond acceptors (Lipinski definition) is 5. The van der Waals surface area contributed by atoms with E-state index in [-0.39, 0.29) is 18.3 Å². The topological polar surface area (TPSA) is 77.2 Å².